The van der Waals surface area contributed by atoms with Crippen molar-refractivity contribution in [2.45, 2.75) is 6.92 Å². The third kappa shape index (κ3) is 3.47. The van der Waals surface area contributed by atoms with Crippen molar-refractivity contribution in [1.82, 2.24) is 14.5 Å². The Bertz CT molecular complexity index is 955. The molecule has 7 heteroatoms. The van der Waals surface area contributed by atoms with Gasteiger partial charge in [-0.2, -0.15) is 0 Å². The van der Waals surface area contributed by atoms with Gasteiger partial charge in [0.05, 0.1) is 5.69 Å². The van der Waals surface area contributed by atoms with Crippen molar-refractivity contribution in [3.05, 3.63) is 59.0 Å². The average molecular weight is 384 g/mol. The summed E-state index contributed by atoms with van der Waals surface area (Å²) in [7, 11) is 2.00. The molecule has 140 valence electrons. The van der Waals surface area contributed by atoms with Gasteiger partial charge in [-0.25, -0.2) is 9.37 Å². The molecule has 0 N–H and O–H groups in total. The van der Waals surface area contributed by atoms with Crippen LogP contribution in [-0.4, -0.2) is 46.5 Å². The number of aromatic nitrogens is 2. The van der Waals surface area contributed by atoms with Gasteiger partial charge in [-0.15, -0.1) is 11.3 Å². The lowest BCUT2D eigenvalue weighted by atomic mass is 10.2. The van der Waals surface area contributed by atoms with E-state index in [1.54, 1.807) is 12.1 Å². The first-order chi connectivity index (χ1) is 13.0. The highest BCUT2D eigenvalue weighted by Crippen LogP contribution is 2.26. The standard InChI is InChI=1S/C20H21FN4OS/c1-14-3-8-18(23(14)2)19-22-17(13-27-19)20(26)25-11-9-24(10-12-25)16-6-4-15(21)5-7-16/h3-8,13H,9-12H2,1-2H3. The number of hydrogen-bond donors (Lipinski definition) is 0. The van der Waals surface area contributed by atoms with Crippen molar-refractivity contribution in [3.8, 4) is 10.7 Å². The maximum Gasteiger partial charge on any atom is 0.273 e. The summed E-state index contributed by atoms with van der Waals surface area (Å²) in [6.45, 7) is 4.76. The Hall–Kier alpha value is -2.67. The van der Waals surface area contributed by atoms with Gasteiger partial charge in [0.25, 0.3) is 5.91 Å². The predicted molar refractivity (Wildman–Crippen MR) is 106 cm³/mol. The molecule has 0 unspecified atom stereocenters. The number of anilines is 1. The second-order valence-electron chi connectivity index (χ2n) is 6.71. The lowest BCUT2D eigenvalue weighted by Gasteiger charge is -2.35. The molecule has 0 radical (unpaired) electrons. The number of hydrogen-bond acceptors (Lipinski definition) is 4. The zero-order chi connectivity index (χ0) is 19.0. The molecule has 27 heavy (non-hydrogen) atoms. The highest BCUT2D eigenvalue weighted by molar-refractivity contribution is 7.13. The Morgan fingerprint density at radius 2 is 1.78 bits per heavy atom. The molecule has 3 heterocycles. The molecule has 1 fully saturated rings. The number of nitrogens with zero attached hydrogens (tertiary/aromatic N) is 4. The topological polar surface area (TPSA) is 41.4 Å². The Morgan fingerprint density at radius 3 is 2.41 bits per heavy atom. The van der Waals surface area contributed by atoms with Crippen molar-refractivity contribution in [3.63, 3.8) is 0 Å². The first kappa shape index (κ1) is 17.7. The van der Waals surface area contributed by atoms with Crippen LogP contribution in [0.25, 0.3) is 10.7 Å². The molecule has 1 aliphatic rings. The molecule has 0 atom stereocenters. The second-order valence-corrected chi connectivity index (χ2v) is 7.57. The first-order valence-electron chi connectivity index (χ1n) is 8.91. The monoisotopic (exact) mass is 384 g/mol. The van der Waals surface area contributed by atoms with Gasteiger partial charge in [-0.3, -0.25) is 4.79 Å². The van der Waals surface area contributed by atoms with Crippen molar-refractivity contribution in [2.24, 2.45) is 7.05 Å². The van der Waals surface area contributed by atoms with Crippen LogP contribution in [0, 0.1) is 12.7 Å². The zero-order valence-corrected chi connectivity index (χ0v) is 16.2. The fourth-order valence-corrected chi connectivity index (χ4v) is 4.15. The van der Waals surface area contributed by atoms with Gasteiger partial charge in [0.1, 0.15) is 16.5 Å². The van der Waals surface area contributed by atoms with E-state index in [1.807, 2.05) is 36.4 Å². The quantitative estimate of drug-likeness (QED) is 0.693. The Kier molecular flexibility index (Phi) is 4.70. The van der Waals surface area contributed by atoms with Crippen LogP contribution in [0.3, 0.4) is 0 Å². The molecular formula is C20H21FN4OS. The molecule has 3 aromatic rings. The number of piperazine rings is 1. The number of halogens is 1. The fourth-order valence-electron chi connectivity index (χ4n) is 3.30. The van der Waals surface area contributed by atoms with Crippen LogP contribution < -0.4 is 4.90 Å². The van der Waals surface area contributed by atoms with Crippen LogP contribution in [0.15, 0.2) is 41.8 Å². The number of benzene rings is 1. The fraction of sp³-hybridized carbons (Fsp3) is 0.300. The minimum absolute atomic E-state index is 0.0258. The minimum Gasteiger partial charge on any atom is -0.368 e. The smallest absolute Gasteiger partial charge is 0.273 e. The highest BCUT2D eigenvalue weighted by atomic mass is 32.1. The molecule has 1 aromatic carbocycles. The highest BCUT2D eigenvalue weighted by Gasteiger charge is 2.24. The third-order valence-electron chi connectivity index (χ3n) is 5.07. The van der Waals surface area contributed by atoms with E-state index in [0.29, 0.717) is 18.8 Å². The summed E-state index contributed by atoms with van der Waals surface area (Å²) in [6.07, 6.45) is 0. The van der Waals surface area contributed by atoms with Crippen molar-refractivity contribution in [2.75, 3.05) is 31.1 Å². The molecule has 1 saturated heterocycles. The molecule has 0 aliphatic carbocycles. The number of amides is 1. The predicted octanol–water partition coefficient (Wildman–Crippen LogP) is 3.56. The van der Waals surface area contributed by atoms with E-state index in [4.69, 9.17) is 0 Å². The Labute approximate surface area is 161 Å². The maximum atomic E-state index is 13.1. The van der Waals surface area contributed by atoms with Gasteiger partial charge in [0.15, 0.2) is 0 Å². The van der Waals surface area contributed by atoms with Gasteiger partial charge in [-0.05, 0) is 43.3 Å². The number of aryl methyl sites for hydroxylation is 1. The lowest BCUT2D eigenvalue weighted by molar-refractivity contribution is 0.0742. The number of rotatable bonds is 3. The molecule has 4 rings (SSSR count). The maximum absolute atomic E-state index is 13.1. The van der Waals surface area contributed by atoms with Crippen molar-refractivity contribution in [1.29, 1.82) is 0 Å². The van der Waals surface area contributed by atoms with E-state index in [1.165, 1.54) is 23.5 Å². The Balaban J connectivity index is 1.42. The summed E-state index contributed by atoms with van der Waals surface area (Å²) in [6, 6.07) is 10.6. The van der Waals surface area contributed by atoms with Gasteiger partial charge in [-0.1, -0.05) is 0 Å². The van der Waals surface area contributed by atoms with Crippen LogP contribution in [0.5, 0.6) is 0 Å². The second kappa shape index (κ2) is 7.15. The number of carbonyl (C=O) groups excluding carboxylic acids is 1. The summed E-state index contributed by atoms with van der Waals surface area (Å²) in [5.41, 5.74) is 3.67. The molecule has 0 bridgehead atoms. The van der Waals surface area contributed by atoms with Gasteiger partial charge in [0.2, 0.25) is 0 Å². The van der Waals surface area contributed by atoms with Gasteiger partial charge in [0, 0.05) is 50.0 Å². The molecule has 2 aromatic heterocycles. The van der Waals surface area contributed by atoms with Crippen molar-refractivity contribution < 1.29 is 9.18 Å². The normalized spacial score (nSPS) is 14.6. The van der Waals surface area contributed by atoms with E-state index in [0.717, 1.165) is 35.2 Å². The van der Waals surface area contributed by atoms with Gasteiger partial charge >= 0.3 is 0 Å². The van der Waals surface area contributed by atoms with E-state index in [-0.39, 0.29) is 11.7 Å². The van der Waals surface area contributed by atoms with Gasteiger partial charge < -0.3 is 14.4 Å². The molecule has 0 saturated carbocycles. The molecular weight excluding hydrogens is 363 g/mol. The van der Waals surface area contributed by atoms with E-state index >= 15 is 0 Å². The number of thiazole rings is 1. The van der Waals surface area contributed by atoms with Crippen molar-refractivity contribution >= 4 is 22.9 Å². The summed E-state index contributed by atoms with van der Waals surface area (Å²) in [5.74, 6) is -0.262. The summed E-state index contributed by atoms with van der Waals surface area (Å²) in [4.78, 5) is 21.4. The first-order valence-corrected chi connectivity index (χ1v) is 9.79. The van der Waals surface area contributed by atoms with Crippen LogP contribution in [-0.2, 0) is 7.05 Å². The van der Waals surface area contributed by atoms with Crippen LogP contribution in [0.1, 0.15) is 16.2 Å². The average Bonchev–Trinajstić information content (AvgIpc) is 3.29. The van der Waals surface area contributed by atoms with Crippen LogP contribution >= 0.6 is 11.3 Å². The SMILES string of the molecule is Cc1ccc(-c2nc(C(=O)N3CCN(c4ccc(F)cc4)CC3)cs2)n1C. The molecule has 1 amide bonds. The molecule has 5 nitrogen and oxygen atoms in total. The lowest BCUT2D eigenvalue weighted by Crippen LogP contribution is -2.48. The summed E-state index contributed by atoms with van der Waals surface area (Å²) in [5, 5.41) is 2.70. The summed E-state index contributed by atoms with van der Waals surface area (Å²) < 4.78 is 15.2. The largest absolute Gasteiger partial charge is 0.368 e. The Morgan fingerprint density at radius 1 is 1.07 bits per heavy atom. The van der Waals surface area contributed by atoms with E-state index < -0.39 is 0 Å². The molecule has 1 aliphatic heterocycles. The summed E-state index contributed by atoms with van der Waals surface area (Å²) >= 11 is 1.50. The van der Waals surface area contributed by atoms with Crippen LogP contribution in [0.4, 0.5) is 10.1 Å². The number of carbonyl (C=O) groups is 1. The zero-order valence-electron chi connectivity index (χ0n) is 15.4. The van der Waals surface area contributed by atoms with E-state index in [9.17, 15) is 9.18 Å². The minimum atomic E-state index is -0.236. The third-order valence-corrected chi connectivity index (χ3v) is 5.94. The van der Waals surface area contributed by atoms with Crippen LogP contribution in [0.2, 0.25) is 0 Å². The molecule has 0 spiro atoms. The van der Waals surface area contributed by atoms with E-state index in [2.05, 4.69) is 14.5 Å².